The van der Waals surface area contributed by atoms with Crippen LogP contribution in [0.1, 0.15) is 25.3 Å². The number of hydrogen-bond donors (Lipinski definition) is 3. The lowest BCUT2D eigenvalue weighted by atomic mass is 10.2. The first-order valence-corrected chi connectivity index (χ1v) is 12.7. The molecule has 1 saturated heterocycles. The molecule has 4 rings (SSSR count). The van der Waals surface area contributed by atoms with E-state index in [9.17, 15) is 27.6 Å². The third-order valence-corrected chi connectivity index (χ3v) is 6.85. The summed E-state index contributed by atoms with van der Waals surface area (Å²) in [6, 6.07) is 16.8. The van der Waals surface area contributed by atoms with Gasteiger partial charge in [0.25, 0.3) is 0 Å². The zero-order valence-electron chi connectivity index (χ0n) is 20.7. The summed E-state index contributed by atoms with van der Waals surface area (Å²) in [5.74, 6) is -0.164. The van der Waals surface area contributed by atoms with Gasteiger partial charge in [-0.15, -0.1) is 0 Å². The summed E-state index contributed by atoms with van der Waals surface area (Å²) < 4.78 is 45.1. The molecule has 3 N–H and O–H groups in total. The summed E-state index contributed by atoms with van der Waals surface area (Å²) in [6.45, 7) is 2.04. The highest BCUT2D eigenvalue weighted by molar-refractivity contribution is 7.97. The maximum absolute atomic E-state index is 12.9. The second-order valence-corrected chi connectivity index (χ2v) is 9.80. The minimum atomic E-state index is -4.45. The van der Waals surface area contributed by atoms with Gasteiger partial charge in [-0.2, -0.15) is 13.2 Å². The molecule has 39 heavy (non-hydrogen) atoms. The summed E-state index contributed by atoms with van der Waals surface area (Å²) in [5.41, 5.74) is 0.523. The Labute approximate surface area is 227 Å². The van der Waals surface area contributed by atoms with Gasteiger partial charge in [-0.3, -0.25) is 9.59 Å². The van der Waals surface area contributed by atoms with E-state index in [1.807, 2.05) is 4.31 Å². The monoisotopic (exact) mass is 558 g/mol. The van der Waals surface area contributed by atoms with Crippen molar-refractivity contribution in [1.82, 2.24) is 4.31 Å². The zero-order valence-corrected chi connectivity index (χ0v) is 21.6. The third-order valence-electron chi connectivity index (χ3n) is 5.69. The van der Waals surface area contributed by atoms with Crippen molar-refractivity contribution >= 4 is 46.9 Å². The molecule has 0 saturated carbocycles. The molecule has 3 aromatic rings. The van der Waals surface area contributed by atoms with Gasteiger partial charge in [0.05, 0.1) is 11.6 Å². The number of rotatable bonds is 7. The summed E-state index contributed by atoms with van der Waals surface area (Å²) >= 11 is 1.44. The van der Waals surface area contributed by atoms with E-state index < -0.39 is 23.7 Å². The van der Waals surface area contributed by atoms with E-state index in [0.29, 0.717) is 23.5 Å². The highest BCUT2D eigenvalue weighted by atomic mass is 32.2. The van der Waals surface area contributed by atoms with E-state index >= 15 is 0 Å². The Hall–Kier alpha value is -4.03. The largest absolute Gasteiger partial charge is 0.427 e. The number of benzene rings is 3. The Morgan fingerprint density at radius 1 is 0.846 bits per heavy atom. The molecule has 0 bridgehead atoms. The van der Waals surface area contributed by atoms with Crippen LogP contribution in [-0.4, -0.2) is 34.8 Å². The van der Waals surface area contributed by atoms with Crippen LogP contribution >= 0.6 is 11.9 Å². The molecular weight excluding hydrogens is 533 g/mol. The van der Waals surface area contributed by atoms with Crippen LogP contribution in [-0.2, 0) is 15.8 Å². The maximum atomic E-state index is 12.9. The Kier molecular flexibility index (Phi) is 8.77. The number of nitrogens with one attached hydrogen (secondary N) is 3. The fourth-order valence-electron chi connectivity index (χ4n) is 3.88. The van der Waals surface area contributed by atoms with Crippen LogP contribution < -0.4 is 20.7 Å². The average Bonchev–Trinajstić information content (AvgIpc) is 3.34. The summed E-state index contributed by atoms with van der Waals surface area (Å²) in [4.78, 5) is 37.1. The van der Waals surface area contributed by atoms with Gasteiger partial charge in [-0.05, 0) is 97.6 Å². The fraction of sp³-hybridized carbons (Fsp3) is 0.222. The van der Waals surface area contributed by atoms with Gasteiger partial charge in [0.15, 0.2) is 0 Å². The van der Waals surface area contributed by atoms with Crippen LogP contribution in [0.15, 0.2) is 77.7 Å². The number of anilines is 3. The summed E-state index contributed by atoms with van der Waals surface area (Å²) in [7, 11) is 0. The van der Waals surface area contributed by atoms with Crippen LogP contribution in [0.25, 0.3) is 0 Å². The zero-order chi connectivity index (χ0) is 28.0. The first-order valence-electron chi connectivity index (χ1n) is 12.0. The fourth-order valence-corrected chi connectivity index (χ4v) is 4.96. The van der Waals surface area contributed by atoms with Crippen molar-refractivity contribution in [3.8, 4) is 5.75 Å². The lowest BCUT2D eigenvalue weighted by Crippen LogP contribution is -2.35. The molecule has 0 aromatic heterocycles. The van der Waals surface area contributed by atoms with Gasteiger partial charge in [0.2, 0.25) is 5.91 Å². The van der Waals surface area contributed by atoms with Gasteiger partial charge in [0.1, 0.15) is 5.75 Å². The van der Waals surface area contributed by atoms with Crippen molar-refractivity contribution in [3.63, 3.8) is 0 Å². The molecule has 1 aliphatic rings. The predicted octanol–water partition coefficient (Wildman–Crippen LogP) is 6.38. The topological polar surface area (TPSA) is 99.8 Å². The molecule has 3 amide bonds. The van der Waals surface area contributed by atoms with Gasteiger partial charge < -0.3 is 20.7 Å². The molecule has 3 aromatic carbocycles. The number of ether oxygens (including phenoxy) is 1. The van der Waals surface area contributed by atoms with Crippen molar-refractivity contribution in [2.24, 2.45) is 0 Å². The van der Waals surface area contributed by atoms with E-state index in [0.717, 1.165) is 30.0 Å². The predicted molar refractivity (Wildman–Crippen MR) is 142 cm³/mol. The molecule has 12 heteroatoms. The third kappa shape index (κ3) is 7.98. The molecule has 0 spiro atoms. The van der Waals surface area contributed by atoms with Crippen molar-refractivity contribution in [1.29, 1.82) is 0 Å². The van der Waals surface area contributed by atoms with Gasteiger partial charge >= 0.3 is 18.2 Å². The van der Waals surface area contributed by atoms with Crippen LogP contribution in [0, 0.1) is 0 Å². The summed E-state index contributed by atoms with van der Waals surface area (Å²) in [5, 5.41) is 8.03. The number of urea groups is 1. The van der Waals surface area contributed by atoms with Crippen LogP contribution in [0.4, 0.5) is 35.0 Å². The maximum Gasteiger partial charge on any atom is 0.416 e. The van der Waals surface area contributed by atoms with E-state index in [-0.39, 0.29) is 17.6 Å². The number of halogens is 3. The Balaban J connectivity index is 1.28. The highest BCUT2D eigenvalue weighted by Gasteiger charge is 2.32. The van der Waals surface area contributed by atoms with Crippen molar-refractivity contribution < 1.29 is 32.3 Å². The average molecular weight is 559 g/mol. The van der Waals surface area contributed by atoms with E-state index in [4.69, 9.17) is 4.74 Å². The highest BCUT2D eigenvalue weighted by Crippen LogP contribution is 2.33. The lowest BCUT2D eigenvalue weighted by Gasteiger charge is -2.22. The van der Waals surface area contributed by atoms with Gasteiger partial charge in [-0.1, -0.05) is 0 Å². The van der Waals surface area contributed by atoms with Crippen LogP contribution in [0.2, 0.25) is 0 Å². The first-order chi connectivity index (χ1) is 18.6. The molecule has 0 aliphatic carbocycles. The number of esters is 1. The minimum Gasteiger partial charge on any atom is -0.427 e. The quantitative estimate of drug-likeness (QED) is 0.177. The Bertz CT molecular complexity index is 1320. The van der Waals surface area contributed by atoms with Gasteiger partial charge in [0, 0.05) is 35.4 Å². The van der Waals surface area contributed by atoms with E-state index in [1.54, 1.807) is 48.5 Å². The molecule has 1 heterocycles. The standard InChI is InChI=1S/C27H25F3N4O4S/c1-17(35)38-22-12-8-19(9-13-22)31-25(36)24-3-2-16-34(24)39-23-14-10-21(11-15-23)33-26(37)32-20-6-4-18(5-7-20)27(28,29)30/h4-15,24H,2-3,16H2,1H3,(H,31,36)(H2,32,33,37). The normalized spacial score (nSPS) is 15.4. The molecule has 1 unspecified atom stereocenters. The molecule has 0 radical (unpaired) electrons. The van der Waals surface area contributed by atoms with Crippen LogP contribution in [0.5, 0.6) is 5.75 Å². The molecule has 204 valence electrons. The molecular formula is C27H25F3N4O4S. The summed E-state index contributed by atoms with van der Waals surface area (Å²) in [6.07, 6.45) is -2.88. The molecule has 1 fully saturated rings. The van der Waals surface area contributed by atoms with Crippen LogP contribution in [0.3, 0.4) is 0 Å². The number of carbonyl (C=O) groups is 3. The number of nitrogens with zero attached hydrogens (tertiary/aromatic N) is 1. The molecule has 1 atom stereocenters. The second-order valence-electron chi connectivity index (χ2n) is 8.68. The second kappa shape index (κ2) is 12.2. The number of amides is 3. The SMILES string of the molecule is CC(=O)Oc1ccc(NC(=O)C2CCCN2Sc2ccc(NC(=O)Nc3ccc(C(F)(F)F)cc3)cc2)cc1. The van der Waals surface area contributed by atoms with Crippen molar-refractivity contribution in [2.45, 2.75) is 36.9 Å². The Morgan fingerprint density at radius 3 is 1.95 bits per heavy atom. The van der Waals surface area contributed by atoms with E-state index in [2.05, 4.69) is 16.0 Å². The first kappa shape index (κ1) is 28.0. The molecule has 8 nitrogen and oxygen atoms in total. The number of carbonyl (C=O) groups excluding carboxylic acids is 3. The van der Waals surface area contributed by atoms with Crippen molar-refractivity contribution in [3.05, 3.63) is 78.4 Å². The van der Waals surface area contributed by atoms with E-state index in [1.165, 1.54) is 31.0 Å². The number of hydrogen-bond acceptors (Lipinski definition) is 6. The molecule has 1 aliphatic heterocycles. The lowest BCUT2D eigenvalue weighted by molar-refractivity contribution is -0.137. The number of alkyl halides is 3. The smallest absolute Gasteiger partial charge is 0.416 e. The Morgan fingerprint density at radius 2 is 1.38 bits per heavy atom. The van der Waals surface area contributed by atoms with Crippen molar-refractivity contribution in [2.75, 3.05) is 22.5 Å². The van der Waals surface area contributed by atoms with Gasteiger partial charge in [-0.25, -0.2) is 9.10 Å². The minimum absolute atomic E-state index is 0.140.